The van der Waals surface area contributed by atoms with Gasteiger partial charge in [0.05, 0.1) is 23.8 Å². The fraction of sp³-hybridized carbons (Fsp3) is 0.533. The van der Waals surface area contributed by atoms with Gasteiger partial charge in [0.1, 0.15) is 5.75 Å². The van der Waals surface area contributed by atoms with Crippen LogP contribution in [-0.2, 0) is 21.9 Å². The largest absolute Gasteiger partial charge is 0.484 e. The van der Waals surface area contributed by atoms with E-state index in [2.05, 4.69) is 0 Å². The first-order valence-corrected chi connectivity index (χ1v) is 7.03. The zero-order chi connectivity index (χ0) is 19.4. The highest BCUT2D eigenvalue weighted by Gasteiger charge is 2.37. The molecule has 0 spiro atoms. The van der Waals surface area contributed by atoms with Gasteiger partial charge in [-0.25, -0.2) is 0 Å². The van der Waals surface area contributed by atoms with E-state index in [1.165, 1.54) is 19.1 Å². The predicted molar refractivity (Wildman–Crippen MR) is 76.0 cm³/mol. The highest BCUT2D eigenvalue weighted by atomic mass is 19.4. The van der Waals surface area contributed by atoms with Crippen LogP contribution in [0, 0.1) is 0 Å². The Balaban J connectivity index is 2.96. The summed E-state index contributed by atoms with van der Waals surface area (Å²) in [7, 11) is 2.84. The lowest BCUT2D eigenvalue weighted by molar-refractivity contribution is -0.143. The molecule has 0 N–H and O–H groups in total. The zero-order valence-corrected chi connectivity index (χ0v) is 13.7. The summed E-state index contributed by atoms with van der Waals surface area (Å²) in [5.41, 5.74) is -3.02. The van der Waals surface area contributed by atoms with E-state index < -0.39 is 41.7 Å². The lowest BCUT2D eigenvalue weighted by Gasteiger charge is -2.24. The van der Waals surface area contributed by atoms with Crippen LogP contribution in [0.1, 0.15) is 18.1 Å². The van der Waals surface area contributed by atoms with Gasteiger partial charge in [-0.05, 0) is 25.1 Å². The van der Waals surface area contributed by atoms with Gasteiger partial charge in [-0.15, -0.1) is 0 Å². The molecule has 0 saturated carbocycles. The lowest BCUT2D eigenvalue weighted by Crippen LogP contribution is -2.40. The number of nitrogens with zero attached hydrogens (tertiary/aromatic N) is 1. The average Bonchev–Trinajstić information content (AvgIpc) is 2.50. The van der Waals surface area contributed by atoms with Crippen molar-refractivity contribution in [1.82, 2.24) is 4.90 Å². The highest BCUT2D eigenvalue weighted by molar-refractivity contribution is 5.77. The van der Waals surface area contributed by atoms with Crippen molar-refractivity contribution in [3.05, 3.63) is 29.3 Å². The number of likely N-dealkylation sites (N-methyl/N-ethyl adjacent to an activating group) is 1. The second kappa shape index (κ2) is 7.94. The van der Waals surface area contributed by atoms with Gasteiger partial charge in [0.25, 0.3) is 5.91 Å². The van der Waals surface area contributed by atoms with Crippen LogP contribution in [0.15, 0.2) is 18.2 Å². The molecule has 0 radical (unpaired) electrons. The molecule has 1 rings (SSSR count). The maximum Gasteiger partial charge on any atom is 0.416 e. The average molecular weight is 373 g/mol. The van der Waals surface area contributed by atoms with Crippen molar-refractivity contribution in [3.8, 4) is 5.75 Å². The summed E-state index contributed by atoms with van der Waals surface area (Å²) in [5.74, 6) is -1.31. The quantitative estimate of drug-likeness (QED) is 0.716. The van der Waals surface area contributed by atoms with Crippen molar-refractivity contribution in [3.63, 3.8) is 0 Å². The SMILES string of the molecule is COCC(C)N(C)C(=O)COc1cc(C(F)(F)F)cc(C(F)(F)F)c1. The van der Waals surface area contributed by atoms with E-state index in [1.54, 1.807) is 6.92 Å². The summed E-state index contributed by atoms with van der Waals surface area (Å²) in [5, 5.41) is 0. The Labute approximate surface area is 140 Å². The molecule has 0 aromatic heterocycles. The van der Waals surface area contributed by atoms with E-state index in [-0.39, 0.29) is 18.7 Å². The standard InChI is InChI=1S/C15H17F6NO3/c1-9(7-24-3)22(2)13(23)8-25-12-5-10(14(16,17)18)4-11(6-12)15(19,20)21/h4-6,9H,7-8H2,1-3H3. The third-order valence-corrected chi connectivity index (χ3v) is 3.39. The van der Waals surface area contributed by atoms with Crippen LogP contribution < -0.4 is 4.74 Å². The van der Waals surface area contributed by atoms with E-state index in [1.807, 2.05) is 0 Å². The summed E-state index contributed by atoms with van der Waals surface area (Å²) in [6, 6.07) is 0.484. The first-order chi connectivity index (χ1) is 11.4. The number of hydrogen-bond acceptors (Lipinski definition) is 3. The van der Waals surface area contributed by atoms with Crippen LogP contribution in [0.25, 0.3) is 0 Å². The number of amides is 1. The van der Waals surface area contributed by atoms with E-state index in [9.17, 15) is 31.1 Å². The number of rotatable bonds is 6. The molecular formula is C15H17F6NO3. The topological polar surface area (TPSA) is 38.8 Å². The monoisotopic (exact) mass is 373 g/mol. The predicted octanol–water partition coefficient (Wildman–Crippen LogP) is 3.60. The van der Waals surface area contributed by atoms with Crippen molar-refractivity contribution in [2.75, 3.05) is 27.4 Å². The fourth-order valence-electron chi connectivity index (χ4n) is 1.86. The number of methoxy groups -OCH3 is 1. The number of halogens is 6. The lowest BCUT2D eigenvalue weighted by atomic mass is 10.1. The number of ether oxygens (including phenoxy) is 2. The Bertz CT molecular complexity index is 568. The molecule has 0 aliphatic heterocycles. The molecule has 1 amide bonds. The van der Waals surface area contributed by atoms with Gasteiger partial charge in [-0.1, -0.05) is 0 Å². The van der Waals surface area contributed by atoms with Crippen LogP contribution in [0.5, 0.6) is 5.75 Å². The van der Waals surface area contributed by atoms with Gasteiger partial charge in [-0.3, -0.25) is 4.79 Å². The molecule has 25 heavy (non-hydrogen) atoms. The molecule has 4 nitrogen and oxygen atoms in total. The molecule has 0 saturated heterocycles. The van der Waals surface area contributed by atoms with Gasteiger partial charge in [0.15, 0.2) is 6.61 Å². The molecule has 0 aliphatic carbocycles. The Kier molecular flexibility index (Phi) is 6.69. The number of hydrogen-bond donors (Lipinski definition) is 0. The minimum absolute atomic E-state index is 0.0124. The number of carbonyl (C=O) groups is 1. The minimum Gasteiger partial charge on any atom is -0.484 e. The summed E-state index contributed by atoms with van der Waals surface area (Å²) < 4.78 is 86.2. The molecule has 0 heterocycles. The maximum absolute atomic E-state index is 12.7. The molecule has 1 aromatic rings. The first-order valence-electron chi connectivity index (χ1n) is 7.03. The molecule has 0 bridgehead atoms. The molecule has 1 aromatic carbocycles. The van der Waals surface area contributed by atoms with Crippen molar-refractivity contribution in [1.29, 1.82) is 0 Å². The van der Waals surface area contributed by atoms with E-state index in [0.29, 0.717) is 12.1 Å². The molecule has 1 unspecified atom stereocenters. The third-order valence-electron chi connectivity index (χ3n) is 3.39. The molecule has 142 valence electrons. The van der Waals surface area contributed by atoms with Gasteiger partial charge < -0.3 is 14.4 Å². The van der Waals surface area contributed by atoms with Crippen LogP contribution in [0.4, 0.5) is 26.3 Å². The molecule has 0 fully saturated rings. The Morgan fingerprint density at radius 1 is 1.08 bits per heavy atom. The van der Waals surface area contributed by atoms with E-state index >= 15 is 0 Å². The van der Waals surface area contributed by atoms with Crippen LogP contribution in [0.3, 0.4) is 0 Å². The first kappa shape index (κ1) is 21.1. The van der Waals surface area contributed by atoms with Crippen LogP contribution >= 0.6 is 0 Å². The Morgan fingerprint density at radius 2 is 1.56 bits per heavy atom. The number of benzene rings is 1. The summed E-state index contributed by atoms with van der Waals surface area (Å²) >= 11 is 0. The van der Waals surface area contributed by atoms with Crippen molar-refractivity contribution < 1.29 is 40.6 Å². The van der Waals surface area contributed by atoms with Gasteiger partial charge in [-0.2, -0.15) is 26.3 Å². The van der Waals surface area contributed by atoms with Crippen molar-refractivity contribution in [2.24, 2.45) is 0 Å². The Morgan fingerprint density at radius 3 is 1.96 bits per heavy atom. The van der Waals surface area contributed by atoms with Crippen molar-refractivity contribution in [2.45, 2.75) is 25.3 Å². The highest BCUT2D eigenvalue weighted by Crippen LogP contribution is 2.38. The third kappa shape index (κ3) is 6.11. The summed E-state index contributed by atoms with van der Waals surface area (Å²) in [6.07, 6.45) is -9.96. The van der Waals surface area contributed by atoms with Crippen molar-refractivity contribution >= 4 is 5.91 Å². The summed E-state index contributed by atoms with van der Waals surface area (Å²) in [6.45, 7) is 1.17. The van der Waals surface area contributed by atoms with Gasteiger partial charge >= 0.3 is 12.4 Å². The van der Waals surface area contributed by atoms with Crippen LogP contribution in [0.2, 0.25) is 0 Å². The zero-order valence-electron chi connectivity index (χ0n) is 13.7. The van der Waals surface area contributed by atoms with Gasteiger partial charge in [0, 0.05) is 14.2 Å². The minimum atomic E-state index is -4.98. The van der Waals surface area contributed by atoms with Gasteiger partial charge in [0.2, 0.25) is 0 Å². The number of alkyl halides is 6. The van der Waals surface area contributed by atoms with E-state index in [0.717, 1.165) is 0 Å². The second-order valence-electron chi connectivity index (χ2n) is 5.34. The molecule has 0 aliphatic rings. The Hall–Kier alpha value is -1.97. The van der Waals surface area contributed by atoms with E-state index in [4.69, 9.17) is 9.47 Å². The smallest absolute Gasteiger partial charge is 0.416 e. The molecule has 10 heteroatoms. The second-order valence-corrected chi connectivity index (χ2v) is 5.34. The molecule has 1 atom stereocenters. The van der Waals surface area contributed by atoms with Crippen LogP contribution in [-0.4, -0.2) is 44.2 Å². The maximum atomic E-state index is 12.7. The number of carbonyl (C=O) groups excluding carboxylic acids is 1. The summed E-state index contributed by atoms with van der Waals surface area (Å²) in [4.78, 5) is 13.1. The normalized spacial score (nSPS) is 13.5. The molecular weight excluding hydrogens is 356 g/mol. The fourth-order valence-corrected chi connectivity index (χ4v) is 1.86.